The van der Waals surface area contributed by atoms with Crippen molar-refractivity contribution in [2.45, 2.75) is 142 Å². The summed E-state index contributed by atoms with van der Waals surface area (Å²) in [4.78, 5) is 142. The summed E-state index contributed by atoms with van der Waals surface area (Å²) in [6, 6.07) is -1.30. The van der Waals surface area contributed by atoms with E-state index in [1.165, 1.54) is 67.7 Å². The lowest BCUT2D eigenvalue weighted by molar-refractivity contribution is -0.176. The predicted octanol–water partition coefficient (Wildman–Crippen LogP) is 0.0839. The minimum atomic E-state index is -1.86. The summed E-state index contributed by atoms with van der Waals surface area (Å²) in [5, 5.41) is 20.9. The van der Waals surface area contributed by atoms with Gasteiger partial charge in [0.1, 0.15) is 36.0 Å². The fourth-order valence-corrected chi connectivity index (χ4v) is 7.92. The molecule has 23 heteroatoms. The number of rotatable bonds is 15. The maximum Gasteiger partial charge on any atom is 0.333 e. The average molecular weight is 1020 g/mol. The molecule has 1 aliphatic rings. The normalized spacial score (nSPS) is 24.6. The molecule has 11 atom stereocenters. The van der Waals surface area contributed by atoms with Gasteiger partial charge in [0, 0.05) is 53.8 Å². The zero-order valence-corrected chi connectivity index (χ0v) is 43.9. The third kappa shape index (κ3) is 16.8. The monoisotopic (exact) mass is 1020 g/mol. The number of thioether (sulfide) groups is 1. The Kier molecular flexibility index (Phi) is 24.2. The van der Waals surface area contributed by atoms with Gasteiger partial charge in [0.15, 0.2) is 24.2 Å². The zero-order valence-electron chi connectivity index (χ0n) is 43.1. The summed E-state index contributed by atoms with van der Waals surface area (Å²) in [7, 11) is 4.88. The first-order chi connectivity index (χ1) is 33.1. The second-order valence-electron chi connectivity index (χ2n) is 18.0. The highest BCUT2D eigenvalue weighted by Gasteiger charge is 2.47. The molecule has 0 aromatic heterocycles. The highest BCUT2D eigenvalue weighted by Crippen LogP contribution is 2.23. The number of carbonyl (C=O) groups is 10. The van der Waals surface area contributed by atoms with Gasteiger partial charge in [0.25, 0.3) is 11.8 Å². The van der Waals surface area contributed by atoms with E-state index in [1.807, 2.05) is 0 Å². The molecule has 0 spiro atoms. The third-order valence-electron chi connectivity index (χ3n) is 11.9. The zero-order chi connectivity index (χ0) is 54.2. The summed E-state index contributed by atoms with van der Waals surface area (Å²) in [5.41, 5.74) is 0.0577. The van der Waals surface area contributed by atoms with Crippen molar-refractivity contribution in [2.75, 3.05) is 40.3 Å². The van der Waals surface area contributed by atoms with Crippen molar-refractivity contribution in [2.24, 2.45) is 11.8 Å². The Hall–Kier alpha value is -6.07. The standard InChI is InChI=1S/C48H73N7O15S/c1-16-34(58)51-35(32(57)23-71-15)46(64)69-39(24(2)3)36-45(63)55(13)38(29(9)67-14)48(66)70-40(25(4)5)37(50-30(10)56)47(65)68-33(22-31-20-18-17-19-21-31)44(62)54(12)27(7)41(59)49-26(6)43(61)53(11)28(8)42(60)52-36/h17-21,24-26,28-29,32-33,35-40,57H,7,16,22-23H2,1-6,8-15H3,(H,49,59)(H,50,56)(H,51,58)(H,52,60)/t26-,28-,29+,32+,33+,35-,36-,37-,38-,39+,40+/m0/s1. The summed E-state index contributed by atoms with van der Waals surface area (Å²) in [6.45, 7) is 16.7. The molecule has 1 saturated heterocycles. The van der Waals surface area contributed by atoms with E-state index in [4.69, 9.17) is 18.9 Å². The van der Waals surface area contributed by atoms with E-state index in [-0.39, 0.29) is 18.6 Å². The molecule has 1 heterocycles. The molecule has 71 heavy (non-hydrogen) atoms. The maximum absolute atomic E-state index is 15.1. The first-order valence-corrected chi connectivity index (χ1v) is 24.6. The molecule has 22 nitrogen and oxygen atoms in total. The van der Waals surface area contributed by atoms with E-state index in [9.17, 15) is 48.3 Å². The summed E-state index contributed by atoms with van der Waals surface area (Å²) in [6.07, 6.45) is -6.07. The van der Waals surface area contributed by atoms with Gasteiger partial charge < -0.3 is 60.0 Å². The minimum absolute atomic E-state index is 0.0114. The molecule has 1 aliphatic heterocycles. The molecule has 0 aliphatic carbocycles. The Morgan fingerprint density at radius 3 is 2.01 bits per heavy atom. The molecule has 0 unspecified atom stereocenters. The number of aliphatic hydroxyl groups is 1. The van der Waals surface area contributed by atoms with Crippen LogP contribution in [0.3, 0.4) is 0 Å². The van der Waals surface area contributed by atoms with E-state index in [0.29, 0.717) is 5.56 Å². The van der Waals surface area contributed by atoms with Crippen LogP contribution in [0.15, 0.2) is 42.6 Å². The lowest BCUT2D eigenvalue weighted by Gasteiger charge is -2.38. The number of hydrogen-bond acceptors (Lipinski definition) is 16. The SMILES string of the molecule is C=C1C(=O)N[C@@H](C)C(=O)N(C)[C@@H](C)C(=O)N[C@@H]([C@H](OC(=O)[C@@H](NC(=O)CC)[C@H](O)CSC)C(C)C)C(=O)N(C)[C@@H]([C@@H](C)OC)C(=O)O[C@H](C(C)C)[C@H](NC(C)=O)C(=O)O[C@H](Cc2ccccc2)C(=O)N1C. The van der Waals surface area contributed by atoms with Gasteiger partial charge in [-0.3, -0.25) is 33.6 Å². The van der Waals surface area contributed by atoms with Gasteiger partial charge in [-0.25, -0.2) is 14.4 Å². The number of aliphatic hydroxyl groups excluding tert-OH is 1. The molecule has 7 amide bonds. The fourth-order valence-electron chi connectivity index (χ4n) is 7.38. The van der Waals surface area contributed by atoms with Crippen LogP contribution < -0.4 is 21.3 Å². The van der Waals surface area contributed by atoms with E-state index in [2.05, 4.69) is 27.8 Å². The van der Waals surface area contributed by atoms with Crippen molar-refractivity contribution in [3.05, 3.63) is 48.2 Å². The second-order valence-corrected chi connectivity index (χ2v) is 18.9. The Morgan fingerprint density at radius 1 is 0.887 bits per heavy atom. The molecular weight excluding hydrogens is 947 g/mol. The quantitative estimate of drug-likeness (QED) is 0.0884. The largest absolute Gasteiger partial charge is 0.458 e. The van der Waals surface area contributed by atoms with Crippen molar-refractivity contribution in [3.63, 3.8) is 0 Å². The van der Waals surface area contributed by atoms with Gasteiger partial charge in [-0.05, 0) is 44.4 Å². The van der Waals surface area contributed by atoms with Crippen molar-refractivity contribution in [1.29, 1.82) is 0 Å². The Bertz CT molecular complexity index is 2090. The number of hydrogen-bond donors (Lipinski definition) is 5. The number of nitrogens with one attached hydrogen (secondary N) is 4. The number of methoxy groups -OCH3 is 1. The van der Waals surface area contributed by atoms with Gasteiger partial charge in [-0.1, -0.05) is 71.5 Å². The number of carbonyl (C=O) groups excluding carboxylic acids is 10. The van der Waals surface area contributed by atoms with Gasteiger partial charge in [0.05, 0.1) is 12.2 Å². The molecule has 1 fully saturated rings. The minimum Gasteiger partial charge on any atom is -0.458 e. The van der Waals surface area contributed by atoms with Crippen LogP contribution in [0.5, 0.6) is 0 Å². The van der Waals surface area contributed by atoms with Crippen molar-refractivity contribution >= 4 is 71.0 Å². The van der Waals surface area contributed by atoms with Crippen LogP contribution in [0.1, 0.15) is 74.3 Å². The van der Waals surface area contributed by atoms with Gasteiger partial charge in [0.2, 0.25) is 29.5 Å². The van der Waals surface area contributed by atoms with Crippen LogP contribution in [-0.2, 0) is 73.3 Å². The summed E-state index contributed by atoms with van der Waals surface area (Å²) < 4.78 is 23.4. The first kappa shape index (κ1) is 61.1. The van der Waals surface area contributed by atoms with E-state index < -0.39 is 144 Å². The number of amides is 7. The Morgan fingerprint density at radius 2 is 1.49 bits per heavy atom. The number of nitrogens with zero attached hydrogens (tertiary/aromatic N) is 3. The van der Waals surface area contributed by atoms with Crippen molar-refractivity contribution in [3.8, 4) is 0 Å². The lowest BCUT2D eigenvalue weighted by atomic mass is 9.96. The van der Waals surface area contributed by atoms with Crippen LogP contribution in [0.25, 0.3) is 0 Å². The predicted molar refractivity (Wildman–Crippen MR) is 260 cm³/mol. The van der Waals surface area contributed by atoms with Crippen LogP contribution in [0.4, 0.5) is 0 Å². The summed E-state index contributed by atoms with van der Waals surface area (Å²) in [5.74, 6) is -11.3. The fraction of sp³-hybridized carbons (Fsp3) is 0.625. The van der Waals surface area contributed by atoms with Gasteiger partial charge in [-0.15, -0.1) is 0 Å². The second kappa shape index (κ2) is 28.1. The van der Waals surface area contributed by atoms with Crippen molar-refractivity contribution in [1.82, 2.24) is 36.0 Å². The molecule has 0 saturated carbocycles. The van der Waals surface area contributed by atoms with E-state index >= 15 is 4.79 Å². The maximum atomic E-state index is 15.1. The number of ether oxygens (including phenoxy) is 4. The highest BCUT2D eigenvalue weighted by atomic mass is 32.2. The molecule has 2 rings (SSSR count). The van der Waals surface area contributed by atoms with Crippen LogP contribution >= 0.6 is 11.8 Å². The van der Waals surface area contributed by atoms with E-state index in [0.717, 1.165) is 21.6 Å². The molecule has 1 aromatic carbocycles. The third-order valence-corrected chi connectivity index (χ3v) is 12.6. The molecule has 0 bridgehead atoms. The molecule has 0 radical (unpaired) electrons. The Balaban J connectivity index is 2.97. The molecular formula is C48H73N7O15S. The van der Waals surface area contributed by atoms with Crippen LogP contribution in [0, 0.1) is 11.8 Å². The number of benzene rings is 1. The van der Waals surface area contributed by atoms with E-state index in [1.54, 1.807) is 64.3 Å². The summed E-state index contributed by atoms with van der Waals surface area (Å²) >= 11 is 1.18. The number of cyclic esters (lactones) is 2. The number of likely N-dealkylation sites (N-methyl/N-ethyl adjacent to an activating group) is 3. The first-order valence-electron chi connectivity index (χ1n) is 23.2. The van der Waals surface area contributed by atoms with Crippen LogP contribution in [0.2, 0.25) is 0 Å². The molecule has 1 aromatic rings. The van der Waals surface area contributed by atoms with Crippen molar-refractivity contribution < 1.29 is 72.0 Å². The Labute approximate surface area is 420 Å². The molecule has 5 N–H and O–H groups in total. The molecule has 396 valence electrons. The number of esters is 3. The topological polar surface area (TPSA) is 286 Å². The smallest absolute Gasteiger partial charge is 0.333 e. The lowest BCUT2D eigenvalue weighted by Crippen LogP contribution is -2.64. The van der Waals surface area contributed by atoms with Gasteiger partial charge >= 0.3 is 17.9 Å². The van der Waals surface area contributed by atoms with Gasteiger partial charge in [-0.2, -0.15) is 11.8 Å². The average Bonchev–Trinajstić information content (AvgIpc) is 3.32. The van der Waals surface area contributed by atoms with Crippen LogP contribution in [-0.4, -0.2) is 186 Å². The highest BCUT2D eigenvalue weighted by molar-refractivity contribution is 7.98.